The SMILES string of the molecule is COC(=O)[C@H](CC(C)C)NC(=O)[C@@H](Cc1cn(Cc2ccccc2)cn1)NC(=O)[C@H](Cc1ccc(OC(C)(C)C)cc1)NC(=O)[C@H](COC(C)(C)C)NC(=O)[C@H](Cc1cn(C(=O)OC(C)(C)C)c2ccccc12)NC(=O)[C@@H](N)Cc1cn(C(c2ccccc2)(c2ccccc2)c2ccccc2)cn1. The smallest absolute Gasteiger partial charge is 0.419 e. The Morgan fingerprint density at radius 3 is 1.51 bits per heavy atom. The van der Waals surface area contributed by atoms with Crippen molar-refractivity contribution in [3.8, 4) is 5.75 Å². The second kappa shape index (κ2) is 33.8. The van der Waals surface area contributed by atoms with E-state index in [-0.39, 0.29) is 38.0 Å². The van der Waals surface area contributed by atoms with E-state index in [9.17, 15) is 19.2 Å². The van der Waals surface area contributed by atoms with Crippen LogP contribution in [-0.2, 0) is 80.7 Å². The number of carbonyl (C=O) groups is 7. The lowest BCUT2D eigenvalue weighted by atomic mass is 9.77. The van der Waals surface area contributed by atoms with E-state index in [1.165, 1.54) is 11.7 Å². The third kappa shape index (κ3) is 21.0. The molecule has 22 nitrogen and oxygen atoms in total. The Hall–Kier alpha value is -10.7. The summed E-state index contributed by atoms with van der Waals surface area (Å²) in [6, 6.07) is 45.6. The Balaban J connectivity index is 1.05. The molecule has 3 aromatic heterocycles. The van der Waals surface area contributed by atoms with E-state index in [4.69, 9.17) is 29.7 Å². The van der Waals surface area contributed by atoms with Crippen molar-refractivity contribution in [2.75, 3.05) is 13.7 Å². The Bertz CT molecular complexity index is 4230. The van der Waals surface area contributed by atoms with Gasteiger partial charge in [-0.05, 0) is 126 Å². The van der Waals surface area contributed by atoms with Gasteiger partial charge in [-0.15, -0.1) is 0 Å². The molecular formula is C81H97N11O11. The summed E-state index contributed by atoms with van der Waals surface area (Å²) < 4.78 is 28.5. The number of nitrogens with one attached hydrogen (secondary N) is 5. The molecule has 0 unspecified atom stereocenters. The number of esters is 1. The van der Waals surface area contributed by atoms with Gasteiger partial charge < -0.3 is 60.4 Å². The molecule has 0 aliphatic rings. The van der Waals surface area contributed by atoms with Gasteiger partial charge in [-0.2, -0.15) is 0 Å². The van der Waals surface area contributed by atoms with Gasteiger partial charge in [0.25, 0.3) is 0 Å². The highest BCUT2D eigenvalue weighted by Gasteiger charge is 2.40. The molecular weight excluding hydrogens is 1300 g/mol. The summed E-state index contributed by atoms with van der Waals surface area (Å²) in [7, 11) is 1.23. The average molecular weight is 1400 g/mol. The zero-order valence-electron chi connectivity index (χ0n) is 60.8. The minimum atomic E-state index is -1.56. The Morgan fingerprint density at radius 2 is 0.971 bits per heavy atom. The number of benzene rings is 6. The van der Waals surface area contributed by atoms with E-state index < -0.39 is 107 Å². The lowest BCUT2D eigenvalue weighted by Gasteiger charge is -2.37. The van der Waals surface area contributed by atoms with Crippen LogP contribution in [0.25, 0.3) is 10.9 Å². The molecule has 0 radical (unpaired) electrons. The van der Waals surface area contributed by atoms with Crippen LogP contribution in [0, 0.1) is 5.92 Å². The van der Waals surface area contributed by atoms with Crippen molar-refractivity contribution in [3.63, 3.8) is 0 Å². The van der Waals surface area contributed by atoms with Crippen molar-refractivity contribution in [3.05, 3.63) is 246 Å². The molecule has 0 saturated heterocycles. The van der Waals surface area contributed by atoms with Crippen molar-refractivity contribution in [2.24, 2.45) is 11.7 Å². The second-order valence-corrected chi connectivity index (χ2v) is 29.3. The standard InChI is InChI=1S/C81H97N11O11/c1-53(2)41-68(76(98)100-12)88-74(96)67(45-61-48-90(51-83-61)46-55-27-17-13-18-28-55)87-72(94)65(42-54-37-39-62(40-38-54)102-79(6,7)8)86-75(97)69(50-101-78(3,4)5)89-73(95)66(43-56-47-92(77(99)103-80(9,10)11)70-36-26-25-35-63(56)70)85-71(93)64(82)44-60-49-91(52-84-60)81(57-29-19-14-20-30-57,58-31-21-15-22-32-58)59-33-23-16-24-34-59/h13-40,47-49,51-53,64-69H,41-46,50,82H2,1-12H3,(H,85,93)(H,86,97)(H,87,94)(H,88,96)(H,89,95)/t64-,65-,66-,67+,68-,69-/m0/s1. The Kier molecular flexibility index (Phi) is 25.1. The highest BCUT2D eigenvalue weighted by molar-refractivity contribution is 5.98. The summed E-state index contributed by atoms with van der Waals surface area (Å²) in [6.07, 6.45) is 7.47. The van der Waals surface area contributed by atoms with E-state index in [0.29, 0.717) is 45.7 Å². The maximum absolute atomic E-state index is 15.6. The molecule has 0 aliphatic heterocycles. The van der Waals surface area contributed by atoms with E-state index in [1.807, 2.05) is 135 Å². The average Bonchev–Trinajstić information content (AvgIpc) is 1.70. The molecule has 6 atom stereocenters. The van der Waals surface area contributed by atoms with E-state index in [2.05, 4.69) is 68.0 Å². The van der Waals surface area contributed by atoms with Gasteiger partial charge in [-0.1, -0.05) is 166 Å². The predicted molar refractivity (Wildman–Crippen MR) is 395 cm³/mol. The normalized spacial score (nSPS) is 13.7. The number of nitrogens with two attached hydrogens (primary N) is 1. The molecule has 0 bridgehead atoms. The summed E-state index contributed by atoms with van der Waals surface area (Å²) in [5, 5.41) is 15.0. The summed E-state index contributed by atoms with van der Waals surface area (Å²) in [5.41, 5.74) is 9.96. The van der Waals surface area contributed by atoms with Gasteiger partial charge in [0.15, 0.2) is 0 Å². The molecule has 9 aromatic rings. The molecule has 0 saturated carbocycles. The van der Waals surface area contributed by atoms with Crippen LogP contribution in [0.2, 0.25) is 0 Å². The maximum atomic E-state index is 15.6. The molecule has 542 valence electrons. The first-order valence-corrected chi connectivity index (χ1v) is 34.8. The minimum Gasteiger partial charge on any atom is -0.488 e. The number of carbonyl (C=O) groups excluding carboxylic acids is 7. The zero-order chi connectivity index (χ0) is 74.2. The summed E-state index contributed by atoms with van der Waals surface area (Å²) in [6.45, 7) is 20.1. The summed E-state index contributed by atoms with van der Waals surface area (Å²) >= 11 is 0. The number of methoxy groups -OCH3 is 1. The van der Waals surface area contributed by atoms with Crippen LogP contribution in [0.5, 0.6) is 5.75 Å². The fourth-order valence-corrected chi connectivity index (χ4v) is 12.3. The first-order valence-electron chi connectivity index (χ1n) is 34.8. The molecule has 7 N–H and O–H groups in total. The van der Waals surface area contributed by atoms with Gasteiger partial charge in [0, 0.05) is 56.2 Å². The highest BCUT2D eigenvalue weighted by atomic mass is 16.6. The van der Waals surface area contributed by atoms with Crippen LogP contribution in [0.15, 0.2) is 201 Å². The Morgan fingerprint density at radius 1 is 0.485 bits per heavy atom. The number of hydrogen-bond acceptors (Lipinski definition) is 14. The quantitative estimate of drug-likeness (QED) is 0.0181. The van der Waals surface area contributed by atoms with Crippen molar-refractivity contribution >= 4 is 52.5 Å². The van der Waals surface area contributed by atoms with Gasteiger partial charge >= 0.3 is 12.1 Å². The Labute approximate surface area is 602 Å². The first kappa shape index (κ1) is 76.5. The topological polar surface area (TPSA) is 283 Å². The molecule has 103 heavy (non-hydrogen) atoms. The van der Waals surface area contributed by atoms with Gasteiger partial charge in [0.05, 0.1) is 54.9 Å². The molecule has 6 aromatic carbocycles. The van der Waals surface area contributed by atoms with E-state index >= 15 is 14.4 Å². The monoisotopic (exact) mass is 1400 g/mol. The van der Waals surface area contributed by atoms with Gasteiger partial charge in [-0.25, -0.2) is 19.6 Å². The fraction of sp³-hybridized carbons (Fsp3) is 0.370. The molecule has 5 amide bonds. The number of fused-ring (bicyclic) bond motifs is 1. The first-order chi connectivity index (χ1) is 48.9. The molecule has 0 fully saturated rings. The van der Waals surface area contributed by atoms with Crippen LogP contribution in [0.1, 0.15) is 127 Å². The third-order valence-electron chi connectivity index (χ3n) is 17.0. The number of para-hydroxylation sites is 1. The third-order valence-corrected chi connectivity index (χ3v) is 17.0. The molecule has 3 heterocycles. The van der Waals surface area contributed by atoms with Crippen LogP contribution < -0.4 is 37.1 Å². The minimum absolute atomic E-state index is 0.0487. The molecule has 0 aliphatic carbocycles. The number of imidazole rings is 2. The summed E-state index contributed by atoms with van der Waals surface area (Å²) in [4.78, 5) is 113. The van der Waals surface area contributed by atoms with Crippen molar-refractivity contribution in [1.82, 2.24) is 50.3 Å². The fourth-order valence-electron chi connectivity index (χ4n) is 12.3. The highest BCUT2D eigenvalue weighted by Crippen LogP contribution is 2.41. The predicted octanol–water partition coefficient (Wildman–Crippen LogP) is 9.94. The van der Waals surface area contributed by atoms with Gasteiger partial charge in [0.2, 0.25) is 29.5 Å². The van der Waals surface area contributed by atoms with E-state index in [0.717, 1.165) is 22.3 Å². The van der Waals surface area contributed by atoms with Gasteiger partial charge in [0.1, 0.15) is 52.7 Å². The number of ether oxygens (including phenoxy) is 4. The number of rotatable bonds is 30. The maximum Gasteiger partial charge on any atom is 0.419 e. The van der Waals surface area contributed by atoms with Gasteiger partial charge in [-0.3, -0.25) is 28.5 Å². The van der Waals surface area contributed by atoms with Crippen LogP contribution in [-0.4, -0.2) is 132 Å². The number of nitrogens with zero attached hydrogens (tertiary/aromatic N) is 5. The number of amides is 5. The van der Waals surface area contributed by atoms with Crippen molar-refractivity contribution in [2.45, 2.75) is 173 Å². The molecule has 9 rings (SSSR count). The van der Waals surface area contributed by atoms with Crippen LogP contribution in [0.3, 0.4) is 0 Å². The van der Waals surface area contributed by atoms with Crippen LogP contribution in [0.4, 0.5) is 4.79 Å². The molecule has 0 spiro atoms. The number of aromatic nitrogens is 5. The van der Waals surface area contributed by atoms with E-state index in [1.54, 1.807) is 115 Å². The largest absolute Gasteiger partial charge is 0.488 e. The second-order valence-electron chi connectivity index (χ2n) is 29.3. The lowest BCUT2D eigenvalue weighted by molar-refractivity contribution is -0.146. The van der Waals surface area contributed by atoms with Crippen molar-refractivity contribution < 1.29 is 52.5 Å². The van der Waals surface area contributed by atoms with Crippen molar-refractivity contribution in [1.29, 1.82) is 0 Å². The number of hydrogen-bond donors (Lipinski definition) is 6. The van der Waals surface area contributed by atoms with Crippen LogP contribution >= 0.6 is 0 Å². The zero-order valence-corrected chi connectivity index (χ0v) is 60.8. The lowest BCUT2D eigenvalue weighted by Crippen LogP contribution is -2.61. The summed E-state index contributed by atoms with van der Waals surface area (Å²) in [5.74, 6) is -4.15. The molecule has 22 heteroatoms.